The summed E-state index contributed by atoms with van der Waals surface area (Å²) >= 11 is 0. The monoisotopic (exact) mass is 421 g/mol. The molecule has 158 valence electrons. The molecule has 0 aliphatic heterocycles. The summed E-state index contributed by atoms with van der Waals surface area (Å²) in [6.07, 6.45) is 4.91. The first kappa shape index (κ1) is 24.4. The normalized spacial score (nSPS) is 10.4. The fraction of sp³-hybridized carbons (Fsp3) is 0.400. The summed E-state index contributed by atoms with van der Waals surface area (Å²) in [5.41, 5.74) is 2.27. The highest BCUT2D eigenvalue weighted by Gasteiger charge is 2.14. The van der Waals surface area contributed by atoms with E-state index in [1.165, 1.54) is 7.11 Å². The van der Waals surface area contributed by atoms with Crippen LogP contribution < -0.4 is 10.1 Å². The van der Waals surface area contributed by atoms with Crippen LogP contribution in [0.5, 0.6) is 5.75 Å². The maximum atomic E-state index is 9.94. The summed E-state index contributed by atoms with van der Waals surface area (Å²) < 4.78 is 39.0. The van der Waals surface area contributed by atoms with Gasteiger partial charge in [-0.25, -0.2) is 8.42 Å². The Labute approximate surface area is 172 Å². The van der Waals surface area contributed by atoms with Crippen molar-refractivity contribution in [2.24, 2.45) is 0 Å². The molecule has 0 amide bonds. The number of hydrogen-bond donors (Lipinski definition) is 1. The zero-order valence-electron chi connectivity index (χ0n) is 16.7. The van der Waals surface area contributed by atoms with Crippen molar-refractivity contribution in [1.82, 2.24) is 0 Å². The van der Waals surface area contributed by atoms with Gasteiger partial charge in [-0.15, -0.1) is 0 Å². The second kappa shape index (κ2) is 13.5. The lowest BCUT2D eigenvalue weighted by Gasteiger charge is -2.06. The number of para-hydroxylation sites is 1. The second-order valence-corrected chi connectivity index (χ2v) is 7.17. The molecule has 0 aromatic heterocycles. The third kappa shape index (κ3) is 11.0. The Balaban J connectivity index is 0.000000311. The largest absolute Gasteiger partial charge is 0.726 e. The van der Waals surface area contributed by atoms with Crippen molar-refractivity contribution in [2.45, 2.75) is 39.0 Å². The molecule has 0 aliphatic rings. The average Bonchev–Trinajstić information content (AvgIpc) is 2.71. The maximum Gasteiger partial charge on any atom is 0.426 e. The van der Waals surface area contributed by atoms with E-state index in [-0.39, 0.29) is 6.61 Å². The van der Waals surface area contributed by atoms with E-state index in [1.807, 2.05) is 36.4 Å². The third-order valence-electron chi connectivity index (χ3n) is 3.83. The smallest absolute Gasteiger partial charge is 0.426 e. The predicted molar refractivity (Wildman–Crippen MR) is 112 cm³/mol. The van der Waals surface area contributed by atoms with Gasteiger partial charge in [0.25, 0.3) is 0 Å². The van der Waals surface area contributed by atoms with E-state index >= 15 is 0 Å². The van der Waals surface area contributed by atoms with Gasteiger partial charge in [0.1, 0.15) is 0 Å². The topological polar surface area (TPSA) is 116 Å². The van der Waals surface area contributed by atoms with Crippen LogP contribution in [0.15, 0.2) is 48.5 Å². The van der Waals surface area contributed by atoms with Gasteiger partial charge in [-0.2, -0.15) is 0 Å². The van der Waals surface area contributed by atoms with Crippen LogP contribution >= 0.6 is 0 Å². The lowest BCUT2D eigenvalue weighted by Crippen LogP contribution is -2.04. The van der Waals surface area contributed by atoms with Gasteiger partial charge in [-0.3, -0.25) is 4.18 Å². The van der Waals surface area contributed by atoms with Crippen LogP contribution in [-0.4, -0.2) is 26.7 Å². The SMILES string of the molecule is CCCCCCCOS(=O)(=O)[O-].COc1cc(Nc2ccccc2)ccc1[N+]#N. The molecule has 0 atom stereocenters. The summed E-state index contributed by atoms with van der Waals surface area (Å²) in [7, 11) is -2.93. The summed E-state index contributed by atoms with van der Waals surface area (Å²) in [6, 6.07) is 15.1. The fourth-order valence-electron chi connectivity index (χ4n) is 2.39. The van der Waals surface area contributed by atoms with E-state index in [9.17, 15) is 13.0 Å². The lowest BCUT2D eigenvalue weighted by atomic mass is 10.2. The number of diazo groups is 1. The number of nitrogens with zero attached hydrogens (tertiary/aromatic N) is 2. The van der Waals surface area contributed by atoms with Gasteiger partial charge >= 0.3 is 5.69 Å². The van der Waals surface area contributed by atoms with Gasteiger partial charge in [-0.05, 0) is 24.6 Å². The molecule has 0 radical (unpaired) electrons. The van der Waals surface area contributed by atoms with Crippen LogP contribution in [0.25, 0.3) is 4.98 Å². The molecule has 9 heteroatoms. The zero-order valence-corrected chi connectivity index (χ0v) is 17.5. The molecule has 0 spiro atoms. The van der Waals surface area contributed by atoms with Crippen molar-refractivity contribution < 1.29 is 21.9 Å². The van der Waals surface area contributed by atoms with Crippen LogP contribution in [0.3, 0.4) is 0 Å². The average molecular weight is 422 g/mol. The highest BCUT2D eigenvalue weighted by molar-refractivity contribution is 7.80. The number of ether oxygens (including phenoxy) is 1. The Morgan fingerprint density at radius 1 is 1.03 bits per heavy atom. The van der Waals surface area contributed by atoms with Crippen LogP contribution in [0.1, 0.15) is 39.0 Å². The minimum atomic E-state index is -4.47. The Bertz CT molecular complexity index is 867. The molecule has 0 aliphatic carbocycles. The Kier molecular flexibility index (Phi) is 11.3. The number of anilines is 2. The van der Waals surface area contributed by atoms with Gasteiger partial charge in [0.2, 0.25) is 21.5 Å². The maximum absolute atomic E-state index is 9.94. The first-order valence-electron chi connectivity index (χ1n) is 9.35. The van der Waals surface area contributed by atoms with E-state index in [2.05, 4.69) is 21.4 Å². The van der Waals surface area contributed by atoms with Gasteiger partial charge in [0.05, 0.1) is 13.7 Å². The lowest BCUT2D eigenvalue weighted by molar-refractivity contribution is 0.255. The van der Waals surface area contributed by atoms with Crippen molar-refractivity contribution in [2.75, 3.05) is 19.0 Å². The first-order chi connectivity index (χ1) is 13.9. The molecule has 2 aromatic carbocycles. The molecule has 1 N–H and O–H groups in total. The summed E-state index contributed by atoms with van der Waals surface area (Å²) in [5.74, 6) is 0.522. The number of unbranched alkanes of at least 4 members (excludes halogenated alkanes) is 4. The third-order valence-corrected chi connectivity index (χ3v) is 4.28. The molecule has 0 fully saturated rings. The van der Waals surface area contributed by atoms with Crippen LogP contribution in [0, 0.1) is 5.39 Å². The summed E-state index contributed by atoms with van der Waals surface area (Å²) in [5, 5.41) is 12.0. The molecule has 29 heavy (non-hydrogen) atoms. The Hall–Kier alpha value is -2.67. The molecular formula is C20H27N3O5S. The minimum absolute atomic E-state index is 0.0234. The highest BCUT2D eigenvalue weighted by atomic mass is 32.3. The molecule has 0 saturated heterocycles. The molecule has 0 bridgehead atoms. The van der Waals surface area contributed by atoms with Crippen LogP contribution in [0.4, 0.5) is 17.1 Å². The van der Waals surface area contributed by atoms with Crippen molar-refractivity contribution in [3.05, 3.63) is 53.5 Å². The second-order valence-electron chi connectivity index (χ2n) is 6.12. The molecule has 2 aromatic rings. The molecule has 0 unspecified atom stereocenters. The number of nitrogens with one attached hydrogen (secondary N) is 1. The molecular weight excluding hydrogens is 394 g/mol. The number of benzene rings is 2. The number of hydrogen-bond acceptors (Lipinski definition) is 7. The van der Waals surface area contributed by atoms with Crippen molar-refractivity contribution in [3.8, 4) is 5.75 Å². The molecule has 0 heterocycles. The van der Waals surface area contributed by atoms with E-state index in [4.69, 9.17) is 10.1 Å². The first-order valence-corrected chi connectivity index (χ1v) is 10.7. The van der Waals surface area contributed by atoms with Gasteiger partial charge in [0.15, 0.2) is 4.98 Å². The van der Waals surface area contributed by atoms with Crippen LogP contribution in [0.2, 0.25) is 0 Å². The fourth-order valence-corrected chi connectivity index (χ4v) is 2.71. The van der Waals surface area contributed by atoms with Crippen LogP contribution in [-0.2, 0) is 14.6 Å². The van der Waals surface area contributed by atoms with E-state index in [1.54, 1.807) is 12.1 Å². The van der Waals surface area contributed by atoms with Gasteiger partial charge in [-0.1, -0.05) is 50.8 Å². The standard InChI is InChI=1S/C13H12N3O.C7H16O4S/c1-17-13-9-11(7-8-12(13)16-14)15-10-5-3-2-4-6-10;1-2-3-4-5-6-7-11-12(8,9)10/h2-9,15H,1H3;2-7H2,1H3,(H,8,9,10)/q+1;/p-1. The van der Waals surface area contributed by atoms with Crippen molar-refractivity contribution in [1.29, 1.82) is 5.39 Å². The predicted octanol–water partition coefficient (Wildman–Crippen LogP) is 5.36. The van der Waals surface area contributed by atoms with E-state index in [0.717, 1.165) is 37.1 Å². The molecule has 2 rings (SSSR count). The van der Waals surface area contributed by atoms with Crippen molar-refractivity contribution in [3.63, 3.8) is 0 Å². The number of rotatable bonds is 10. The quantitative estimate of drug-likeness (QED) is 0.238. The van der Waals surface area contributed by atoms with Gasteiger partial charge in [0, 0.05) is 23.5 Å². The molecule has 8 nitrogen and oxygen atoms in total. The summed E-state index contributed by atoms with van der Waals surface area (Å²) in [6.45, 7) is 2.12. The van der Waals surface area contributed by atoms with E-state index in [0.29, 0.717) is 17.9 Å². The highest BCUT2D eigenvalue weighted by Crippen LogP contribution is 2.31. The zero-order chi connectivity index (χ0) is 21.5. The molecule has 0 saturated carbocycles. The Morgan fingerprint density at radius 2 is 1.72 bits per heavy atom. The van der Waals surface area contributed by atoms with Crippen molar-refractivity contribution >= 4 is 27.5 Å². The summed E-state index contributed by atoms with van der Waals surface area (Å²) in [4.78, 5) is 3.14. The minimum Gasteiger partial charge on any atom is -0.726 e. The number of methoxy groups -OCH3 is 1. The van der Waals surface area contributed by atoms with E-state index < -0.39 is 10.4 Å². The Morgan fingerprint density at radius 3 is 2.31 bits per heavy atom. The van der Waals surface area contributed by atoms with Gasteiger partial charge < -0.3 is 14.6 Å².